The number of hydrogen-bond acceptors (Lipinski definition) is 2. The molecule has 1 aromatic rings. The van der Waals surface area contributed by atoms with Gasteiger partial charge in [0, 0.05) is 18.9 Å². The average Bonchev–Trinajstić information content (AvgIpc) is 2.25. The Labute approximate surface area is 94.9 Å². The molecule has 4 heteroatoms. The molecule has 0 atom stereocenters. The van der Waals surface area contributed by atoms with E-state index in [1.54, 1.807) is 12.3 Å². The van der Waals surface area contributed by atoms with E-state index in [0.717, 1.165) is 19.3 Å². The van der Waals surface area contributed by atoms with Gasteiger partial charge in [0.05, 0.1) is 10.6 Å². The maximum Gasteiger partial charge on any atom is 0.254 e. The Balaban J connectivity index is 2.44. The minimum atomic E-state index is -0.149. The molecule has 0 aromatic carbocycles. The van der Waals surface area contributed by atoms with Crippen molar-refractivity contribution in [3.05, 3.63) is 29.0 Å². The SMILES string of the molecule is CCCCCNC(=O)c1cnccc1Cl. The molecule has 0 aliphatic heterocycles. The summed E-state index contributed by atoms with van der Waals surface area (Å²) < 4.78 is 0. The Morgan fingerprint density at radius 2 is 2.33 bits per heavy atom. The maximum absolute atomic E-state index is 11.6. The van der Waals surface area contributed by atoms with E-state index in [1.165, 1.54) is 6.20 Å². The molecular weight excluding hydrogens is 212 g/mol. The van der Waals surface area contributed by atoms with E-state index < -0.39 is 0 Å². The van der Waals surface area contributed by atoms with Crippen molar-refractivity contribution in [2.75, 3.05) is 6.54 Å². The van der Waals surface area contributed by atoms with Gasteiger partial charge in [0.15, 0.2) is 0 Å². The Morgan fingerprint density at radius 3 is 3.00 bits per heavy atom. The molecule has 1 aromatic heterocycles. The number of hydrogen-bond donors (Lipinski definition) is 1. The predicted octanol–water partition coefficient (Wildman–Crippen LogP) is 2.66. The van der Waals surface area contributed by atoms with Crippen molar-refractivity contribution >= 4 is 17.5 Å². The Kier molecular flexibility index (Phi) is 5.12. The molecule has 0 saturated heterocycles. The number of carbonyl (C=O) groups is 1. The van der Waals surface area contributed by atoms with Gasteiger partial charge in [-0.1, -0.05) is 31.4 Å². The fraction of sp³-hybridized carbons (Fsp3) is 0.455. The Bertz CT molecular complexity index is 328. The fourth-order valence-corrected chi connectivity index (χ4v) is 1.41. The minimum absolute atomic E-state index is 0.149. The number of carbonyl (C=O) groups excluding carboxylic acids is 1. The summed E-state index contributed by atoms with van der Waals surface area (Å²) in [6, 6.07) is 1.61. The van der Waals surface area contributed by atoms with Crippen molar-refractivity contribution in [3.63, 3.8) is 0 Å². The second-order valence-corrected chi connectivity index (χ2v) is 3.73. The third-order valence-corrected chi connectivity index (χ3v) is 2.41. The van der Waals surface area contributed by atoms with Crippen LogP contribution in [0.2, 0.25) is 5.02 Å². The third-order valence-electron chi connectivity index (χ3n) is 2.08. The molecule has 0 fully saturated rings. The molecular formula is C11H15ClN2O. The molecule has 0 unspecified atom stereocenters. The van der Waals surface area contributed by atoms with Crippen molar-refractivity contribution in [2.24, 2.45) is 0 Å². The van der Waals surface area contributed by atoms with E-state index in [9.17, 15) is 4.79 Å². The summed E-state index contributed by atoms with van der Waals surface area (Å²) in [5, 5.41) is 3.25. The summed E-state index contributed by atoms with van der Waals surface area (Å²) in [6.45, 7) is 2.82. The van der Waals surface area contributed by atoms with Crippen LogP contribution in [0.4, 0.5) is 0 Å². The third kappa shape index (κ3) is 3.88. The highest BCUT2D eigenvalue weighted by Crippen LogP contribution is 2.12. The highest BCUT2D eigenvalue weighted by molar-refractivity contribution is 6.33. The van der Waals surface area contributed by atoms with Crippen LogP contribution in [0.3, 0.4) is 0 Å². The molecule has 1 rings (SSSR count). The van der Waals surface area contributed by atoms with Gasteiger partial charge in [0.1, 0.15) is 0 Å². The number of unbranched alkanes of at least 4 members (excludes halogenated alkanes) is 2. The smallest absolute Gasteiger partial charge is 0.254 e. The van der Waals surface area contributed by atoms with Gasteiger partial charge in [-0.15, -0.1) is 0 Å². The van der Waals surface area contributed by atoms with Crippen LogP contribution in [-0.4, -0.2) is 17.4 Å². The summed E-state index contributed by atoms with van der Waals surface area (Å²) in [7, 11) is 0. The lowest BCUT2D eigenvalue weighted by atomic mass is 10.2. The molecule has 0 saturated carbocycles. The summed E-state index contributed by atoms with van der Waals surface area (Å²) >= 11 is 5.86. The van der Waals surface area contributed by atoms with Crippen molar-refractivity contribution < 1.29 is 4.79 Å². The standard InChI is InChI=1S/C11H15ClN2O/c1-2-3-4-6-14-11(15)9-8-13-7-5-10(9)12/h5,7-8H,2-4,6H2,1H3,(H,14,15). The van der Waals surface area contributed by atoms with Gasteiger partial charge in [-0.05, 0) is 12.5 Å². The molecule has 3 nitrogen and oxygen atoms in total. The van der Waals surface area contributed by atoms with Crippen LogP contribution in [0.25, 0.3) is 0 Å². The fourth-order valence-electron chi connectivity index (χ4n) is 1.22. The van der Waals surface area contributed by atoms with Crippen molar-refractivity contribution in [3.8, 4) is 0 Å². The van der Waals surface area contributed by atoms with Gasteiger partial charge in [-0.25, -0.2) is 0 Å². The van der Waals surface area contributed by atoms with E-state index in [0.29, 0.717) is 17.1 Å². The highest BCUT2D eigenvalue weighted by Gasteiger charge is 2.08. The molecule has 0 spiro atoms. The van der Waals surface area contributed by atoms with Crippen LogP contribution in [-0.2, 0) is 0 Å². The number of aromatic nitrogens is 1. The molecule has 82 valence electrons. The summed E-state index contributed by atoms with van der Waals surface area (Å²) in [6.07, 6.45) is 6.32. The van der Waals surface area contributed by atoms with E-state index in [1.807, 2.05) is 0 Å². The van der Waals surface area contributed by atoms with Crippen LogP contribution in [0.5, 0.6) is 0 Å². The number of nitrogens with zero attached hydrogens (tertiary/aromatic N) is 1. The average molecular weight is 227 g/mol. The second-order valence-electron chi connectivity index (χ2n) is 3.32. The highest BCUT2D eigenvalue weighted by atomic mass is 35.5. The first-order valence-corrected chi connectivity index (χ1v) is 5.51. The van der Waals surface area contributed by atoms with Gasteiger partial charge in [-0.3, -0.25) is 9.78 Å². The molecule has 0 bridgehead atoms. The number of amides is 1. The lowest BCUT2D eigenvalue weighted by molar-refractivity contribution is 0.0953. The number of pyridine rings is 1. The molecule has 0 aliphatic carbocycles. The van der Waals surface area contributed by atoms with E-state index in [-0.39, 0.29) is 5.91 Å². The normalized spacial score (nSPS) is 10.0. The Hall–Kier alpha value is -1.09. The first-order chi connectivity index (χ1) is 7.25. The topological polar surface area (TPSA) is 42.0 Å². The zero-order chi connectivity index (χ0) is 11.1. The monoisotopic (exact) mass is 226 g/mol. The number of rotatable bonds is 5. The largest absolute Gasteiger partial charge is 0.352 e. The van der Waals surface area contributed by atoms with Crippen LogP contribution < -0.4 is 5.32 Å². The van der Waals surface area contributed by atoms with Gasteiger partial charge in [0.25, 0.3) is 5.91 Å². The first kappa shape index (κ1) is 12.0. The quantitative estimate of drug-likeness (QED) is 0.785. The van der Waals surface area contributed by atoms with E-state index in [4.69, 9.17) is 11.6 Å². The number of nitrogens with one attached hydrogen (secondary N) is 1. The molecule has 1 N–H and O–H groups in total. The summed E-state index contributed by atoms with van der Waals surface area (Å²) in [4.78, 5) is 15.5. The lowest BCUT2D eigenvalue weighted by Crippen LogP contribution is -2.24. The summed E-state index contributed by atoms with van der Waals surface area (Å²) in [5.41, 5.74) is 0.440. The molecule has 0 radical (unpaired) electrons. The molecule has 0 aliphatic rings. The van der Waals surface area contributed by atoms with Gasteiger partial charge < -0.3 is 5.32 Å². The Morgan fingerprint density at radius 1 is 1.53 bits per heavy atom. The van der Waals surface area contributed by atoms with Crippen molar-refractivity contribution in [1.82, 2.24) is 10.3 Å². The van der Waals surface area contributed by atoms with Crippen LogP contribution >= 0.6 is 11.6 Å². The zero-order valence-corrected chi connectivity index (χ0v) is 9.55. The van der Waals surface area contributed by atoms with Crippen LogP contribution in [0.1, 0.15) is 36.5 Å². The lowest BCUT2D eigenvalue weighted by Gasteiger charge is -2.05. The number of halogens is 1. The minimum Gasteiger partial charge on any atom is -0.352 e. The van der Waals surface area contributed by atoms with Gasteiger partial charge >= 0.3 is 0 Å². The molecule has 1 amide bonds. The first-order valence-electron chi connectivity index (χ1n) is 5.13. The van der Waals surface area contributed by atoms with E-state index >= 15 is 0 Å². The molecule has 1 heterocycles. The van der Waals surface area contributed by atoms with Gasteiger partial charge in [-0.2, -0.15) is 0 Å². The summed E-state index contributed by atoms with van der Waals surface area (Å²) in [5.74, 6) is -0.149. The van der Waals surface area contributed by atoms with Crippen molar-refractivity contribution in [2.45, 2.75) is 26.2 Å². The van der Waals surface area contributed by atoms with Crippen LogP contribution in [0, 0.1) is 0 Å². The molecule has 15 heavy (non-hydrogen) atoms. The van der Waals surface area contributed by atoms with E-state index in [2.05, 4.69) is 17.2 Å². The maximum atomic E-state index is 11.6. The van der Waals surface area contributed by atoms with Crippen LogP contribution in [0.15, 0.2) is 18.5 Å². The zero-order valence-electron chi connectivity index (χ0n) is 8.79. The van der Waals surface area contributed by atoms with Crippen molar-refractivity contribution in [1.29, 1.82) is 0 Å². The second kappa shape index (κ2) is 6.40. The predicted molar refractivity (Wildman–Crippen MR) is 61.1 cm³/mol. The van der Waals surface area contributed by atoms with Gasteiger partial charge in [0.2, 0.25) is 0 Å².